The highest BCUT2D eigenvalue weighted by Crippen LogP contribution is 2.29. The maximum atomic E-state index is 13.6. The molecule has 0 amide bonds. The number of aromatic hydroxyl groups is 1. The molecule has 1 N–H and O–H groups in total. The van der Waals surface area contributed by atoms with E-state index in [-0.39, 0.29) is 17.0 Å². The third-order valence-electron chi connectivity index (χ3n) is 5.41. The molecule has 0 saturated carbocycles. The number of hydrogen-bond donors (Lipinski definition) is 1. The number of carbonyl (C=O) groups is 1. The number of carbonyl (C=O) groups excluding carboxylic acids is 1. The highest BCUT2D eigenvalue weighted by molar-refractivity contribution is 5.89. The third kappa shape index (κ3) is 4.81. The Morgan fingerprint density at radius 2 is 1.49 bits per heavy atom. The average Bonchev–Trinajstić information content (AvgIpc) is 3.17. The zero-order chi connectivity index (χ0) is 24.8. The molecule has 0 aliphatic carbocycles. The molecule has 0 spiro atoms. The van der Waals surface area contributed by atoms with Crippen LogP contribution in [0.1, 0.15) is 29.3 Å². The summed E-state index contributed by atoms with van der Waals surface area (Å²) >= 11 is 0. The molecule has 0 radical (unpaired) electrons. The van der Waals surface area contributed by atoms with E-state index in [2.05, 4.69) is 10.2 Å². The van der Waals surface area contributed by atoms with Crippen molar-refractivity contribution in [3.8, 4) is 17.3 Å². The van der Waals surface area contributed by atoms with E-state index in [9.17, 15) is 14.7 Å². The number of nitrogens with zero attached hydrogens (tertiary/aromatic N) is 4. The Morgan fingerprint density at radius 3 is 2.03 bits per heavy atom. The van der Waals surface area contributed by atoms with Crippen molar-refractivity contribution in [2.45, 2.75) is 13.3 Å². The van der Waals surface area contributed by atoms with E-state index in [0.717, 1.165) is 0 Å². The van der Waals surface area contributed by atoms with E-state index in [1.54, 1.807) is 36.4 Å². The van der Waals surface area contributed by atoms with E-state index >= 15 is 0 Å². The number of hydrogen-bond acceptors (Lipinski definition) is 6. The molecule has 4 aromatic rings. The first-order valence-corrected chi connectivity index (χ1v) is 11.0. The fourth-order valence-corrected chi connectivity index (χ4v) is 3.66. The van der Waals surface area contributed by atoms with Gasteiger partial charge < -0.3 is 9.84 Å². The summed E-state index contributed by atoms with van der Waals surface area (Å²) in [6, 6.07) is 24.8. The molecule has 0 saturated heterocycles. The van der Waals surface area contributed by atoms with Crippen LogP contribution in [0, 0.1) is 0 Å². The van der Waals surface area contributed by atoms with Gasteiger partial charge >= 0.3 is 5.97 Å². The molecule has 0 atom stereocenters. The summed E-state index contributed by atoms with van der Waals surface area (Å²) in [6.07, 6.45) is 1.91. The number of azo groups is 1. The van der Waals surface area contributed by atoms with Crippen molar-refractivity contribution < 1.29 is 14.6 Å². The second-order valence-electron chi connectivity index (χ2n) is 7.56. The molecule has 1 heterocycles. The lowest BCUT2D eigenvalue weighted by molar-refractivity contribution is 0.0600. The van der Waals surface area contributed by atoms with Crippen LogP contribution in [0.5, 0.6) is 5.88 Å². The van der Waals surface area contributed by atoms with Crippen LogP contribution in [0.2, 0.25) is 0 Å². The third-order valence-corrected chi connectivity index (χ3v) is 5.41. The van der Waals surface area contributed by atoms with Crippen molar-refractivity contribution in [1.29, 1.82) is 0 Å². The summed E-state index contributed by atoms with van der Waals surface area (Å²) in [5, 5.41) is 19.5. The lowest BCUT2D eigenvalue weighted by Gasteiger charge is -2.12. The molecule has 3 aromatic carbocycles. The zero-order valence-corrected chi connectivity index (χ0v) is 19.3. The molecular formula is C27H24N4O4. The summed E-state index contributed by atoms with van der Waals surface area (Å²) in [7, 11) is 1.32. The Morgan fingerprint density at radius 1 is 0.914 bits per heavy atom. The van der Waals surface area contributed by atoms with E-state index in [4.69, 9.17) is 4.74 Å². The number of ether oxygens (including phenoxy) is 1. The van der Waals surface area contributed by atoms with Crippen molar-refractivity contribution in [1.82, 2.24) is 9.36 Å². The van der Waals surface area contributed by atoms with Gasteiger partial charge in [0, 0.05) is 0 Å². The molecule has 8 heteroatoms. The minimum atomic E-state index is -0.435. The van der Waals surface area contributed by atoms with Crippen LogP contribution in [0.25, 0.3) is 16.9 Å². The smallest absolute Gasteiger partial charge is 0.337 e. The molecule has 0 bridgehead atoms. The normalized spacial score (nSPS) is 11.7. The van der Waals surface area contributed by atoms with Gasteiger partial charge in [-0.3, -0.25) is 4.79 Å². The highest BCUT2D eigenvalue weighted by atomic mass is 16.5. The molecule has 8 nitrogen and oxygen atoms in total. The van der Waals surface area contributed by atoms with Gasteiger partial charge in [0.25, 0.3) is 5.56 Å². The van der Waals surface area contributed by atoms with Gasteiger partial charge in [-0.25, -0.2) is 14.2 Å². The van der Waals surface area contributed by atoms with Gasteiger partial charge in [0.05, 0.1) is 35.9 Å². The second-order valence-corrected chi connectivity index (χ2v) is 7.56. The molecule has 0 aliphatic rings. The Kier molecular flexibility index (Phi) is 7.02. The first-order valence-electron chi connectivity index (χ1n) is 11.0. The van der Waals surface area contributed by atoms with Crippen molar-refractivity contribution in [3.05, 3.63) is 113 Å². The number of allylic oxidation sites excluding steroid dienone is 1. The number of para-hydroxylation sites is 2. The summed E-state index contributed by atoms with van der Waals surface area (Å²) in [5.41, 5.74) is 2.50. The Labute approximate surface area is 202 Å². The first-order chi connectivity index (χ1) is 17.0. The predicted octanol–water partition coefficient (Wildman–Crippen LogP) is 5.66. The number of methoxy groups -OCH3 is 1. The molecule has 4 rings (SSSR count). The quantitative estimate of drug-likeness (QED) is 0.280. The van der Waals surface area contributed by atoms with E-state index < -0.39 is 5.97 Å². The first kappa shape index (κ1) is 23.4. The van der Waals surface area contributed by atoms with Gasteiger partial charge in [-0.1, -0.05) is 43.3 Å². The van der Waals surface area contributed by atoms with E-state index in [1.807, 2.05) is 55.5 Å². The zero-order valence-electron chi connectivity index (χ0n) is 19.3. The predicted molar refractivity (Wildman–Crippen MR) is 134 cm³/mol. The number of rotatable bonds is 7. The van der Waals surface area contributed by atoms with Gasteiger partial charge in [0.15, 0.2) is 0 Å². The molecule has 0 unspecified atom stereocenters. The molecule has 35 heavy (non-hydrogen) atoms. The van der Waals surface area contributed by atoms with Gasteiger partial charge in [-0.05, 0) is 60.5 Å². The Balaban J connectivity index is 1.77. The number of benzene rings is 3. The molecule has 1 aromatic heterocycles. The summed E-state index contributed by atoms with van der Waals surface area (Å²) in [4.78, 5) is 25.2. The van der Waals surface area contributed by atoms with Crippen LogP contribution in [-0.4, -0.2) is 27.5 Å². The summed E-state index contributed by atoms with van der Waals surface area (Å²) < 4.78 is 7.61. The fourth-order valence-electron chi connectivity index (χ4n) is 3.66. The van der Waals surface area contributed by atoms with Crippen LogP contribution in [0.4, 0.5) is 5.69 Å². The maximum Gasteiger partial charge on any atom is 0.337 e. The maximum absolute atomic E-state index is 13.6. The van der Waals surface area contributed by atoms with Crippen LogP contribution in [0.3, 0.4) is 0 Å². The fraction of sp³-hybridized carbons (Fsp3) is 0.111. The Hall–Kier alpha value is -4.72. The van der Waals surface area contributed by atoms with Gasteiger partial charge in [0.2, 0.25) is 5.88 Å². The SMILES string of the molecule is CC/C(=C\N=Nc1ccc(C(=O)OC)cc1)c1c(O)n(-c2ccccc2)n(-c2ccccc2)c1=O. The van der Waals surface area contributed by atoms with Gasteiger partial charge in [-0.15, -0.1) is 0 Å². The van der Waals surface area contributed by atoms with Crippen molar-refractivity contribution in [2.75, 3.05) is 7.11 Å². The van der Waals surface area contributed by atoms with Crippen molar-refractivity contribution in [2.24, 2.45) is 10.2 Å². The van der Waals surface area contributed by atoms with Crippen molar-refractivity contribution >= 4 is 17.2 Å². The van der Waals surface area contributed by atoms with E-state index in [1.165, 1.54) is 22.7 Å². The molecule has 176 valence electrons. The van der Waals surface area contributed by atoms with Crippen LogP contribution >= 0.6 is 0 Å². The molecular weight excluding hydrogens is 444 g/mol. The highest BCUT2D eigenvalue weighted by Gasteiger charge is 2.24. The Bertz CT molecular complexity index is 1430. The van der Waals surface area contributed by atoms with E-state index in [0.29, 0.717) is 34.6 Å². The standard InChI is InChI=1S/C27H24N4O4/c1-3-19(18-28-29-21-16-14-20(15-17-21)27(34)35-2)24-25(32)30(22-10-6-4-7-11-22)31(26(24)33)23-12-8-5-9-13-23/h4-18,32H,3H2,1-2H3/b19-18+,29-28?. The van der Waals surface area contributed by atoms with Crippen LogP contribution < -0.4 is 5.56 Å². The molecule has 0 aliphatic heterocycles. The summed E-state index contributed by atoms with van der Waals surface area (Å²) in [5.74, 6) is -0.620. The second kappa shape index (κ2) is 10.5. The van der Waals surface area contributed by atoms with Gasteiger partial charge in [0.1, 0.15) is 5.56 Å². The molecule has 0 fully saturated rings. The average molecular weight is 469 g/mol. The summed E-state index contributed by atoms with van der Waals surface area (Å²) in [6.45, 7) is 1.87. The van der Waals surface area contributed by atoms with Gasteiger partial charge in [-0.2, -0.15) is 10.2 Å². The topological polar surface area (TPSA) is 98.2 Å². The minimum Gasteiger partial charge on any atom is -0.493 e. The van der Waals surface area contributed by atoms with Crippen molar-refractivity contribution in [3.63, 3.8) is 0 Å². The van der Waals surface area contributed by atoms with Crippen LogP contribution in [-0.2, 0) is 4.74 Å². The minimum absolute atomic E-state index is 0.153. The lowest BCUT2D eigenvalue weighted by atomic mass is 10.1. The monoisotopic (exact) mass is 468 g/mol. The largest absolute Gasteiger partial charge is 0.493 e. The lowest BCUT2D eigenvalue weighted by Crippen LogP contribution is -2.21. The number of aromatic nitrogens is 2. The van der Waals surface area contributed by atoms with Crippen LogP contribution in [0.15, 0.2) is 106 Å². The number of esters is 1.